The fourth-order valence-corrected chi connectivity index (χ4v) is 2.27. The minimum absolute atomic E-state index is 0. The molecule has 1 aromatic carbocycles. The molecule has 1 amide bonds. The van der Waals surface area contributed by atoms with Crippen LogP contribution in [0.2, 0.25) is 0 Å². The first kappa shape index (κ1) is 17.2. The molecule has 6 heteroatoms. The van der Waals surface area contributed by atoms with E-state index >= 15 is 0 Å². The third-order valence-corrected chi connectivity index (χ3v) is 3.42. The summed E-state index contributed by atoms with van der Waals surface area (Å²) in [6.07, 6.45) is 2.17. The minimum Gasteiger partial charge on any atom is -0.481 e. The van der Waals surface area contributed by atoms with Gasteiger partial charge in [0, 0.05) is 18.7 Å². The lowest BCUT2D eigenvalue weighted by Gasteiger charge is -2.16. The molecule has 1 fully saturated rings. The smallest absolute Gasteiger partial charge is 0.308 e. The lowest BCUT2D eigenvalue weighted by atomic mass is 10.1. The summed E-state index contributed by atoms with van der Waals surface area (Å²) >= 11 is 0. The van der Waals surface area contributed by atoms with Crippen LogP contribution in [0.4, 0.5) is 4.39 Å². The summed E-state index contributed by atoms with van der Waals surface area (Å²) in [5.41, 5.74) is 1.26. The van der Waals surface area contributed by atoms with Crippen molar-refractivity contribution in [1.82, 2.24) is 4.90 Å². The standard InChI is InChI=1S/C15H16FNO3.ClH/c1-10(8-11-2-4-13(16)5-3-11)14(18)17-7-6-12(9-17)15(19)20;/h2-5,8,12H,6-7,9H2,1H3,(H,19,20);1H. The summed E-state index contributed by atoms with van der Waals surface area (Å²) in [7, 11) is 0. The van der Waals surface area contributed by atoms with Gasteiger partial charge in [-0.3, -0.25) is 9.59 Å². The number of rotatable bonds is 3. The molecule has 0 saturated carbocycles. The Morgan fingerprint density at radius 2 is 1.95 bits per heavy atom. The van der Waals surface area contributed by atoms with E-state index in [-0.39, 0.29) is 30.7 Å². The molecule has 1 atom stereocenters. The Morgan fingerprint density at radius 1 is 1.33 bits per heavy atom. The van der Waals surface area contributed by atoms with E-state index in [1.54, 1.807) is 30.0 Å². The lowest BCUT2D eigenvalue weighted by molar-refractivity contribution is -0.141. The Balaban J connectivity index is 0.00000220. The topological polar surface area (TPSA) is 57.6 Å². The van der Waals surface area contributed by atoms with Gasteiger partial charge in [-0.2, -0.15) is 0 Å². The van der Waals surface area contributed by atoms with Crippen molar-refractivity contribution >= 4 is 30.4 Å². The molecular weight excluding hydrogens is 297 g/mol. The number of carbonyl (C=O) groups is 2. The molecule has 1 aromatic rings. The van der Waals surface area contributed by atoms with Gasteiger partial charge < -0.3 is 10.0 Å². The molecule has 1 aliphatic heterocycles. The van der Waals surface area contributed by atoms with Crippen molar-refractivity contribution in [2.45, 2.75) is 13.3 Å². The average Bonchev–Trinajstić information content (AvgIpc) is 2.90. The summed E-state index contributed by atoms with van der Waals surface area (Å²) < 4.78 is 12.8. The van der Waals surface area contributed by atoms with Crippen molar-refractivity contribution < 1.29 is 19.1 Å². The number of nitrogens with zero attached hydrogens (tertiary/aromatic N) is 1. The van der Waals surface area contributed by atoms with Crippen molar-refractivity contribution in [1.29, 1.82) is 0 Å². The zero-order valence-corrected chi connectivity index (χ0v) is 12.4. The molecule has 4 nitrogen and oxygen atoms in total. The van der Waals surface area contributed by atoms with Crippen LogP contribution < -0.4 is 0 Å². The summed E-state index contributed by atoms with van der Waals surface area (Å²) in [4.78, 5) is 24.6. The third kappa shape index (κ3) is 4.29. The van der Waals surface area contributed by atoms with Gasteiger partial charge in [-0.25, -0.2) is 4.39 Å². The van der Waals surface area contributed by atoms with Crippen LogP contribution in [0.3, 0.4) is 0 Å². The Bertz CT molecular complexity index is 557. The average molecular weight is 314 g/mol. The highest BCUT2D eigenvalue weighted by Crippen LogP contribution is 2.19. The summed E-state index contributed by atoms with van der Waals surface area (Å²) in [6, 6.07) is 5.85. The molecule has 2 rings (SSSR count). The van der Waals surface area contributed by atoms with Crippen molar-refractivity contribution in [3.8, 4) is 0 Å². The van der Waals surface area contributed by atoms with Crippen LogP contribution in [-0.2, 0) is 9.59 Å². The maximum absolute atomic E-state index is 12.8. The van der Waals surface area contributed by atoms with Gasteiger partial charge in [-0.15, -0.1) is 12.4 Å². The van der Waals surface area contributed by atoms with E-state index in [1.165, 1.54) is 12.1 Å². The number of hydrogen-bond acceptors (Lipinski definition) is 2. The minimum atomic E-state index is -0.861. The first-order valence-electron chi connectivity index (χ1n) is 6.43. The first-order chi connectivity index (χ1) is 9.47. The van der Waals surface area contributed by atoms with Crippen LogP contribution in [0.15, 0.2) is 29.8 Å². The predicted molar refractivity (Wildman–Crippen MR) is 79.6 cm³/mol. The van der Waals surface area contributed by atoms with Gasteiger partial charge in [0.15, 0.2) is 0 Å². The molecule has 0 radical (unpaired) electrons. The van der Waals surface area contributed by atoms with Gasteiger partial charge in [0.2, 0.25) is 5.91 Å². The third-order valence-electron chi connectivity index (χ3n) is 3.42. The molecule has 0 spiro atoms. The quantitative estimate of drug-likeness (QED) is 0.873. The van der Waals surface area contributed by atoms with E-state index in [1.807, 2.05) is 0 Å². The van der Waals surface area contributed by atoms with Crippen LogP contribution in [0, 0.1) is 11.7 Å². The van der Waals surface area contributed by atoms with E-state index in [9.17, 15) is 14.0 Å². The number of carbonyl (C=O) groups excluding carboxylic acids is 1. The maximum atomic E-state index is 12.8. The van der Waals surface area contributed by atoms with Crippen LogP contribution >= 0.6 is 12.4 Å². The highest BCUT2D eigenvalue weighted by Gasteiger charge is 2.31. The van der Waals surface area contributed by atoms with Crippen LogP contribution in [0.25, 0.3) is 6.08 Å². The molecule has 114 valence electrons. The number of amides is 1. The summed E-state index contributed by atoms with van der Waals surface area (Å²) in [5, 5.41) is 8.92. The number of aliphatic carboxylic acids is 1. The number of halogens is 2. The summed E-state index contributed by atoms with van der Waals surface area (Å²) in [5.74, 6) is -1.83. The van der Waals surface area contributed by atoms with Crippen molar-refractivity contribution in [3.63, 3.8) is 0 Å². The van der Waals surface area contributed by atoms with Gasteiger partial charge in [0.1, 0.15) is 5.82 Å². The Labute approximate surface area is 128 Å². The fourth-order valence-electron chi connectivity index (χ4n) is 2.27. The monoisotopic (exact) mass is 313 g/mol. The number of benzene rings is 1. The van der Waals surface area contributed by atoms with Gasteiger partial charge >= 0.3 is 5.97 Å². The molecule has 1 unspecified atom stereocenters. The number of carboxylic acid groups (broad SMARTS) is 1. The Kier molecular flexibility index (Phi) is 5.90. The zero-order valence-electron chi connectivity index (χ0n) is 11.6. The first-order valence-corrected chi connectivity index (χ1v) is 6.43. The summed E-state index contributed by atoms with van der Waals surface area (Å²) in [6.45, 7) is 2.40. The largest absolute Gasteiger partial charge is 0.481 e. The van der Waals surface area contributed by atoms with E-state index in [2.05, 4.69) is 0 Å². The number of likely N-dealkylation sites (tertiary alicyclic amines) is 1. The molecule has 1 heterocycles. The number of hydrogen-bond donors (Lipinski definition) is 1. The molecule has 0 aliphatic carbocycles. The van der Waals surface area contributed by atoms with Crippen LogP contribution in [-0.4, -0.2) is 35.0 Å². The SMILES string of the molecule is CC(=Cc1ccc(F)cc1)C(=O)N1CCC(C(=O)O)C1.Cl. The van der Waals surface area contributed by atoms with E-state index in [0.29, 0.717) is 18.5 Å². The molecule has 0 aromatic heterocycles. The van der Waals surface area contributed by atoms with Crippen molar-refractivity contribution in [3.05, 3.63) is 41.2 Å². The van der Waals surface area contributed by atoms with E-state index in [4.69, 9.17) is 5.11 Å². The fraction of sp³-hybridized carbons (Fsp3) is 0.333. The highest BCUT2D eigenvalue weighted by atomic mass is 35.5. The second-order valence-corrected chi connectivity index (χ2v) is 4.95. The maximum Gasteiger partial charge on any atom is 0.308 e. The van der Waals surface area contributed by atoms with Gasteiger partial charge in [0.25, 0.3) is 0 Å². The normalized spacial score (nSPS) is 18.3. The highest BCUT2D eigenvalue weighted by molar-refractivity contribution is 5.97. The predicted octanol–water partition coefficient (Wildman–Crippen LogP) is 2.58. The second kappa shape index (κ2) is 7.22. The molecule has 0 bridgehead atoms. The lowest BCUT2D eigenvalue weighted by Crippen LogP contribution is -2.30. The van der Waals surface area contributed by atoms with E-state index in [0.717, 1.165) is 5.56 Å². The van der Waals surface area contributed by atoms with Gasteiger partial charge in [-0.1, -0.05) is 12.1 Å². The number of carboxylic acids is 1. The molecule has 1 aliphatic rings. The van der Waals surface area contributed by atoms with Gasteiger partial charge in [0.05, 0.1) is 5.92 Å². The molecule has 1 saturated heterocycles. The van der Waals surface area contributed by atoms with Crippen molar-refractivity contribution in [2.24, 2.45) is 5.92 Å². The van der Waals surface area contributed by atoms with Gasteiger partial charge in [-0.05, 0) is 37.1 Å². The zero-order chi connectivity index (χ0) is 14.7. The van der Waals surface area contributed by atoms with Crippen LogP contribution in [0.5, 0.6) is 0 Å². The Hall–Kier alpha value is -1.88. The molecular formula is C15H17ClFNO3. The molecule has 21 heavy (non-hydrogen) atoms. The Morgan fingerprint density at radius 3 is 2.48 bits per heavy atom. The van der Waals surface area contributed by atoms with Crippen LogP contribution in [0.1, 0.15) is 18.9 Å². The van der Waals surface area contributed by atoms with E-state index < -0.39 is 11.9 Å². The second-order valence-electron chi connectivity index (χ2n) is 4.95. The van der Waals surface area contributed by atoms with Crippen molar-refractivity contribution in [2.75, 3.05) is 13.1 Å². The molecule has 1 N–H and O–H groups in total.